The van der Waals surface area contributed by atoms with Crippen LogP contribution in [-0.4, -0.2) is 30.9 Å². The number of rotatable bonds is 5. The highest BCUT2D eigenvalue weighted by molar-refractivity contribution is 5.77. The summed E-state index contributed by atoms with van der Waals surface area (Å²) in [6.45, 7) is 12.5. The van der Waals surface area contributed by atoms with Gasteiger partial charge in [-0.1, -0.05) is 32.9 Å². The van der Waals surface area contributed by atoms with E-state index in [0.29, 0.717) is 28.9 Å². The molecule has 3 aromatic heterocycles. The van der Waals surface area contributed by atoms with Crippen LogP contribution in [-0.2, 0) is 23.9 Å². The Kier molecular flexibility index (Phi) is 5.12. The van der Waals surface area contributed by atoms with Crippen molar-refractivity contribution in [3.8, 4) is 5.69 Å². The summed E-state index contributed by atoms with van der Waals surface area (Å²) in [5.41, 5.74) is 6.07. The van der Waals surface area contributed by atoms with Gasteiger partial charge < -0.3 is 10.6 Å². The number of fused-ring (bicyclic) bond motifs is 3. The third kappa shape index (κ3) is 3.73. The Balaban J connectivity index is 1.43. The highest BCUT2D eigenvalue weighted by atomic mass is 16.1. The molecule has 0 amide bonds. The van der Waals surface area contributed by atoms with Gasteiger partial charge in [-0.05, 0) is 48.2 Å². The Bertz CT molecular complexity index is 1550. The molecule has 0 radical (unpaired) electrons. The number of aromatic nitrogens is 5. The Morgan fingerprint density at radius 3 is 2.78 bits per heavy atom. The van der Waals surface area contributed by atoms with Crippen LogP contribution in [0.5, 0.6) is 0 Å². The normalized spacial score (nSPS) is 16.2. The number of pyridine rings is 1. The van der Waals surface area contributed by atoms with Gasteiger partial charge in [0.15, 0.2) is 5.65 Å². The second kappa shape index (κ2) is 8.13. The summed E-state index contributed by atoms with van der Waals surface area (Å²) in [6, 6.07) is 10.4. The summed E-state index contributed by atoms with van der Waals surface area (Å²) in [5.74, 6) is 0.446. The minimum Gasteiger partial charge on any atom is -0.324 e. The Labute approximate surface area is 210 Å². The molecule has 2 N–H and O–H groups in total. The van der Waals surface area contributed by atoms with Crippen molar-refractivity contribution < 1.29 is 0 Å². The molecule has 0 unspecified atom stereocenters. The number of nitrogens with one attached hydrogen (secondary N) is 2. The molecule has 1 saturated carbocycles. The van der Waals surface area contributed by atoms with Crippen LogP contribution < -0.4 is 16.2 Å². The fourth-order valence-electron chi connectivity index (χ4n) is 5.19. The monoisotopic (exact) mass is 481 g/mol. The van der Waals surface area contributed by atoms with E-state index in [1.54, 1.807) is 23.2 Å². The number of benzene rings is 1. The van der Waals surface area contributed by atoms with Gasteiger partial charge in [0, 0.05) is 47.7 Å². The van der Waals surface area contributed by atoms with Crippen molar-refractivity contribution in [2.24, 2.45) is 0 Å². The van der Waals surface area contributed by atoms with E-state index in [9.17, 15) is 4.79 Å². The van der Waals surface area contributed by atoms with Gasteiger partial charge in [0.05, 0.1) is 12.2 Å². The van der Waals surface area contributed by atoms with Crippen molar-refractivity contribution in [2.75, 3.05) is 11.9 Å². The molecule has 1 aliphatic heterocycles. The predicted octanol–water partition coefficient (Wildman–Crippen LogP) is 4.34. The number of anilines is 2. The first-order chi connectivity index (χ1) is 17.3. The molecule has 1 aromatic carbocycles. The number of hydrogen-bond donors (Lipinski definition) is 2. The van der Waals surface area contributed by atoms with Crippen LogP contribution in [0.15, 0.2) is 60.2 Å². The summed E-state index contributed by atoms with van der Waals surface area (Å²) in [5, 5.41) is 7.38. The van der Waals surface area contributed by atoms with E-state index < -0.39 is 0 Å². The zero-order valence-corrected chi connectivity index (χ0v) is 21.0. The molecule has 36 heavy (non-hydrogen) atoms. The van der Waals surface area contributed by atoms with E-state index >= 15 is 0 Å². The van der Waals surface area contributed by atoms with Crippen LogP contribution in [0.2, 0.25) is 0 Å². The van der Waals surface area contributed by atoms with Gasteiger partial charge in [0.25, 0.3) is 5.56 Å². The minimum absolute atomic E-state index is 0.134. The lowest BCUT2D eigenvalue weighted by Crippen LogP contribution is -2.33. The van der Waals surface area contributed by atoms with Crippen molar-refractivity contribution in [2.45, 2.75) is 57.5 Å². The lowest BCUT2D eigenvalue weighted by molar-refractivity contribution is 0.531. The van der Waals surface area contributed by atoms with E-state index in [0.717, 1.165) is 30.2 Å². The molecule has 1 spiro atoms. The van der Waals surface area contributed by atoms with Crippen molar-refractivity contribution in [3.63, 3.8) is 0 Å². The molecule has 0 saturated heterocycles. The SMILES string of the molecule is C=CCn1c(=O)c2cnc(Nc3ccc4c(c3)CNCC43CC3)nc2n1-c1ccnc(C(C)(C)C)c1. The molecule has 4 aromatic rings. The van der Waals surface area contributed by atoms with Crippen molar-refractivity contribution >= 4 is 22.7 Å². The molecule has 1 fully saturated rings. The van der Waals surface area contributed by atoms with Gasteiger partial charge in [-0.2, -0.15) is 4.98 Å². The topological polar surface area (TPSA) is 89.7 Å². The van der Waals surface area contributed by atoms with Crippen LogP contribution in [0, 0.1) is 0 Å². The quantitative estimate of drug-likeness (QED) is 0.412. The average Bonchev–Trinajstić information content (AvgIpc) is 3.57. The minimum atomic E-state index is -0.153. The number of nitrogens with zero attached hydrogens (tertiary/aromatic N) is 5. The van der Waals surface area contributed by atoms with Gasteiger partial charge in [-0.25, -0.2) is 14.3 Å². The second-order valence-electron chi connectivity index (χ2n) is 10.9. The molecule has 8 heteroatoms. The maximum absolute atomic E-state index is 13.3. The Morgan fingerprint density at radius 1 is 1.19 bits per heavy atom. The summed E-state index contributed by atoms with van der Waals surface area (Å²) in [6.07, 6.45) is 7.60. The smallest absolute Gasteiger partial charge is 0.278 e. The van der Waals surface area contributed by atoms with Crippen molar-refractivity contribution in [1.82, 2.24) is 29.6 Å². The van der Waals surface area contributed by atoms with Crippen LogP contribution in [0.25, 0.3) is 16.7 Å². The maximum atomic E-state index is 13.3. The largest absolute Gasteiger partial charge is 0.324 e. The standard InChI is InChI=1S/C28H31N7O/c1-5-12-34-25(36)21-16-31-26(32-19-6-7-22-18(13-19)15-29-17-28(22)9-10-28)33-24(21)35(34)20-8-11-30-23(14-20)27(2,3)4/h5-8,11,13-14,16,29H,1,9-10,12,15,17H2,2-4H3,(H,31,32,33). The molecule has 6 rings (SSSR count). The van der Waals surface area contributed by atoms with Crippen LogP contribution in [0.4, 0.5) is 11.6 Å². The summed E-state index contributed by atoms with van der Waals surface area (Å²) in [4.78, 5) is 27.1. The molecule has 4 heterocycles. The molecule has 184 valence electrons. The van der Waals surface area contributed by atoms with E-state index in [4.69, 9.17) is 4.98 Å². The van der Waals surface area contributed by atoms with Crippen LogP contribution in [0.3, 0.4) is 0 Å². The van der Waals surface area contributed by atoms with Gasteiger partial charge >= 0.3 is 0 Å². The van der Waals surface area contributed by atoms with Crippen molar-refractivity contribution in [3.05, 3.63) is 82.6 Å². The highest BCUT2D eigenvalue weighted by Crippen LogP contribution is 2.50. The fourth-order valence-corrected chi connectivity index (χ4v) is 5.19. The lowest BCUT2D eigenvalue weighted by Gasteiger charge is -2.26. The average molecular weight is 482 g/mol. The number of hydrogen-bond acceptors (Lipinski definition) is 6. The molecule has 1 aliphatic carbocycles. The predicted molar refractivity (Wildman–Crippen MR) is 142 cm³/mol. The molecule has 8 nitrogen and oxygen atoms in total. The van der Waals surface area contributed by atoms with Gasteiger partial charge in [-0.3, -0.25) is 9.78 Å². The molecule has 0 bridgehead atoms. The zero-order chi connectivity index (χ0) is 25.1. The van der Waals surface area contributed by atoms with Gasteiger partial charge in [0.2, 0.25) is 5.95 Å². The second-order valence-corrected chi connectivity index (χ2v) is 10.9. The van der Waals surface area contributed by atoms with Crippen molar-refractivity contribution in [1.29, 1.82) is 0 Å². The summed E-state index contributed by atoms with van der Waals surface area (Å²) >= 11 is 0. The third-order valence-corrected chi connectivity index (χ3v) is 7.30. The highest BCUT2D eigenvalue weighted by Gasteiger charge is 2.46. The van der Waals surface area contributed by atoms with Gasteiger partial charge in [-0.15, -0.1) is 6.58 Å². The Morgan fingerprint density at radius 2 is 2.03 bits per heavy atom. The zero-order valence-electron chi connectivity index (χ0n) is 21.0. The van der Waals surface area contributed by atoms with E-state index in [-0.39, 0.29) is 11.0 Å². The summed E-state index contributed by atoms with van der Waals surface area (Å²) < 4.78 is 3.48. The first-order valence-electron chi connectivity index (χ1n) is 12.5. The first kappa shape index (κ1) is 22.7. The first-order valence-corrected chi connectivity index (χ1v) is 12.5. The summed E-state index contributed by atoms with van der Waals surface area (Å²) in [7, 11) is 0. The molecule has 2 aliphatic rings. The molecule has 0 atom stereocenters. The fraction of sp³-hybridized carbons (Fsp3) is 0.357. The van der Waals surface area contributed by atoms with Crippen LogP contribution >= 0.6 is 0 Å². The Hall–Kier alpha value is -3.78. The molecular formula is C28H31N7O. The van der Waals surface area contributed by atoms with E-state index in [1.165, 1.54) is 24.0 Å². The lowest BCUT2D eigenvalue weighted by atomic mass is 9.88. The van der Waals surface area contributed by atoms with E-state index in [2.05, 4.69) is 66.2 Å². The maximum Gasteiger partial charge on any atom is 0.278 e. The van der Waals surface area contributed by atoms with E-state index in [1.807, 2.05) is 16.8 Å². The van der Waals surface area contributed by atoms with Gasteiger partial charge in [0.1, 0.15) is 5.39 Å². The third-order valence-electron chi connectivity index (χ3n) is 7.30. The molecular weight excluding hydrogens is 450 g/mol. The number of allylic oxidation sites excluding steroid dienone is 1. The van der Waals surface area contributed by atoms with Crippen LogP contribution in [0.1, 0.15) is 50.4 Å².